The number of hydrogen-bond acceptors (Lipinski definition) is 5. The number of alkyl halides is 3. The number of hydrogen-bond donors (Lipinski definition) is 1. The van der Waals surface area contributed by atoms with Crippen molar-refractivity contribution in [3.8, 4) is 5.75 Å². The molecule has 0 spiro atoms. The molecule has 1 aliphatic heterocycles. The van der Waals surface area contributed by atoms with Crippen LogP contribution in [0.25, 0.3) is 11.0 Å². The standard InChI is InChI=1S/C21H22F3NO5/c22-21(23,24)16-10-19(27)30-17-9-14(4-5-15(16)17)29-12-18(26)25-8-7-20(28)6-2-1-3-13(20)11-25/h4-5,9-10,13,28H,1-3,6-8,11-12H2/t13-,20+/m1/s1. The number of likely N-dealkylation sites (tertiary alicyclic amines) is 1. The molecule has 2 fully saturated rings. The van der Waals surface area contributed by atoms with E-state index in [0.29, 0.717) is 25.6 Å². The third kappa shape index (κ3) is 4.03. The van der Waals surface area contributed by atoms with Gasteiger partial charge in [0.05, 0.1) is 11.2 Å². The third-order valence-corrected chi connectivity index (χ3v) is 6.16. The Kier molecular flexibility index (Phi) is 5.25. The number of benzene rings is 1. The molecule has 4 rings (SSSR count). The summed E-state index contributed by atoms with van der Waals surface area (Å²) < 4.78 is 49.7. The van der Waals surface area contributed by atoms with Crippen molar-refractivity contribution in [1.82, 2.24) is 4.90 Å². The Labute approximate surface area is 170 Å². The Bertz CT molecular complexity index is 1020. The Morgan fingerprint density at radius 2 is 2.07 bits per heavy atom. The van der Waals surface area contributed by atoms with Crippen molar-refractivity contribution in [3.05, 3.63) is 40.2 Å². The fourth-order valence-electron chi connectivity index (χ4n) is 4.50. The van der Waals surface area contributed by atoms with E-state index < -0.39 is 23.0 Å². The molecule has 6 nitrogen and oxygen atoms in total. The van der Waals surface area contributed by atoms with Crippen molar-refractivity contribution in [1.29, 1.82) is 0 Å². The number of halogens is 3. The number of ether oxygens (including phenoxy) is 1. The first kappa shape index (κ1) is 20.7. The van der Waals surface area contributed by atoms with Crippen LogP contribution in [0.2, 0.25) is 0 Å². The maximum Gasteiger partial charge on any atom is 0.417 e. The van der Waals surface area contributed by atoms with Crippen LogP contribution in [-0.2, 0) is 11.0 Å². The van der Waals surface area contributed by atoms with Crippen molar-refractivity contribution < 1.29 is 32.2 Å². The van der Waals surface area contributed by atoms with Crippen molar-refractivity contribution >= 4 is 16.9 Å². The van der Waals surface area contributed by atoms with Crippen LogP contribution in [-0.4, -0.2) is 41.2 Å². The van der Waals surface area contributed by atoms with Gasteiger partial charge in [0, 0.05) is 36.5 Å². The number of amides is 1. The Morgan fingerprint density at radius 1 is 1.27 bits per heavy atom. The lowest BCUT2D eigenvalue weighted by Crippen LogP contribution is -2.55. The molecule has 0 radical (unpaired) electrons. The molecule has 1 saturated carbocycles. The topological polar surface area (TPSA) is 80.0 Å². The predicted molar refractivity (Wildman–Crippen MR) is 101 cm³/mol. The molecule has 1 amide bonds. The molecule has 1 N–H and O–H groups in total. The quantitative estimate of drug-likeness (QED) is 0.763. The first-order valence-corrected chi connectivity index (χ1v) is 9.94. The molecule has 2 heterocycles. The Morgan fingerprint density at radius 3 is 2.83 bits per heavy atom. The van der Waals surface area contributed by atoms with Crippen LogP contribution < -0.4 is 10.4 Å². The van der Waals surface area contributed by atoms with E-state index in [4.69, 9.17) is 9.15 Å². The van der Waals surface area contributed by atoms with Gasteiger partial charge < -0.3 is 19.2 Å². The summed E-state index contributed by atoms with van der Waals surface area (Å²) in [5.41, 5.74) is -3.15. The third-order valence-electron chi connectivity index (χ3n) is 6.16. The van der Waals surface area contributed by atoms with Crippen LogP contribution in [0.3, 0.4) is 0 Å². The van der Waals surface area contributed by atoms with Crippen molar-refractivity contribution in [2.24, 2.45) is 5.92 Å². The summed E-state index contributed by atoms with van der Waals surface area (Å²) in [4.78, 5) is 25.7. The van der Waals surface area contributed by atoms with Crippen LogP contribution >= 0.6 is 0 Å². The molecule has 1 aromatic carbocycles. The summed E-state index contributed by atoms with van der Waals surface area (Å²) in [6, 6.07) is 4.05. The molecule has 2 aliphatic rings. The molecule has 0 bridgehead atoms. The molecular formula is C21H22F3NO5. The fourth-order valence-corrected chi connectivity index (χ4v) is 4.50. The lowest BCUT2D eigenvalue weighted by atomic mass is 9.71. The average Bonchev–Trinajstić information content (AvgIpc) is 2.69. The van der Waals surface area contributed by atoms with Crippen LogP contribution in [0, 0.1) is 5.92 Å². The molecule has 9 heteroatoms. The first-order valence-electron chi connectivity index (χ1n) is 9.94. The van der Waals surface area contributed by atoms with Gasteiger partial charge in [-0.25, -0.2) is 4.79 Å². The number of piperidine rings is 1. The normalized spacial score (nSPS) is 24.5. The maximum absolute atomic E-state index is 13.1. The molecule has 0 unspecified atom stereocenters. The zero-order chi connectivity index (χ0) is 21.5. The zero-order valence-corrected chi connectivity index (χ0v) is 16.2. The van der Waals surface area contributed by atoms with Crippen molar-refractivity contribution in [2.45, 2.75) is 43.9 Å². The van der Waals surface area contributed by atoms with E-state index in [-0.39, 0.29) is 35.2 Å². The molecule has 162 valence electrons. The smallest absolute Gasteiger partial charge is 0.417 e. The van der Waals surface area contributed by atoms with E-state index in [1.54, 1.807) is 4.90 Å². The number of rotatable bonds is 3. The highest BCUT2D eigenvalue weighted by molar-refractivity contribution is 5.82. The summed E-state index contributed by atoms with van der Waals surface area (Å²) in [6.45, 7) is 0.622. The summed E-state index contributed by atoms with van der Waals surface area (Å²) >= 11 is 0. The lowest BCUT2D eigenvalue weighted by Gasteiger charge is -2.47. The second kappa shape index (κ2) is 7.61. The van der Waals surface area contributed by atoms with Gasteiger partial charge in [0.1, 0.15) is 11.3 Å². The van der Waals surface area contributed by atoms with E-state index in [1.807, 2.05) is 0 Å². The highest BCUT2D eigenvalue weighted by Crippen LogP contribution is 2.40. The highest BCUT2D eigenvalue weighted by atomic mass is 19.4. The molecule has 1 saturated heterocycles. The number of fused-ring (bicyclic) bond motifs is 2. The van der Waals surface area contributed by atoms with Crippen LogP contribution in [0.1, 0.15) is 37.7 Å². The van der Waals surface area contributed by atoms with E-state index in [1.165, 1.54) is 12.1 Å². The number of nitrogens with zero attached hydrogens (tertiary/aromatic N) is 1. The second-order valence-corrected chi connectivity index (χ2v) is 8.06. The molecule has 30 heavy (non-hydrogen) atoms. The molecule has 1 aromatic heterocycles. The summed E-state index contributed by atoms with van der Waals surface area (Å²) in [5.74, 6) is -0.0718. The summed E-state index contributed by atoms with van der Waals surface area (Å²) in [6.07, 6.45) is -0.483. The van der Waals surface area contributed by atoms with Gasteiger partial charge in [-0.15, -0.1) is 0 Å². The molecular weight excluding hydrogens is 403 g/mol. The largest absolute Gasteiger partial charge is 0.484 e. The van der Waals surface area contributed by atoms with E-state index in [2.05, 4.69) is 0 Å². The predicted octanol–water partition coefficient (Wildman–Crippen LogP) is 3.34. The van der Waals surface area contributed by atoms with E-state index >= 15 is 0 Å². The minimum absolute atomic E-state index is 0.0553. The first-order chi connectivity index (χ1) is 14.2. The summed E-state index contributed by atoms with van der Waals surface area (Å²) in [7, 11) is 0. The minimum Gasteiger partial charge on any atom is -0.484 e. The SMILES string of the molecule is O=C(COc1ccc2c(C(F)(F)F)cc(=O)oc2c1)N1CC[C@@]2(O)CCCC[C@@H]2C1. The van der Waals surface area contributed by atoms with E-state index in [0.717, 1.165) is 31.7 Å². The van der Waals surface area contributed by atoms with Crippen LogP contribution in [0.5, 0.6) is 5.75 Å². The lowest BCUT2D eigenvalue weighted by molar-refractivity contribution is -0.145. The molecule has 1 aliphatic carbocycles. The second-order valence-electron chi connectivity index (χ2n) is 8.06. The number of carbonyl (C=O) groups excluding carboxylic acids is 1. The monoisotopic (exact) mass is 425 g/mol. The van der Waals surface area contributed by atoms with Gasteiger partial charge in [-0.2, -0.15) is 13.2 Å². The number of carbonyl (C=O) groups is 1. The van der Waals surface area contributed by atoms with Gasteiger partial charge >= 0.3 is 11.8 Å². The van der Waals surface area contributed by atoms with Gasteiger partial charge in [-0.05, 0) is 31.4 Å². The average molecular weight is 425 g/mol. The Balaban J connectivity index is 1.45. The van der Waals surface area contributed by atoms with Gasteiger partial charge in [-0.3, -0.25) is 4.79 Å². The fraction of sp³-hybridized carbons (Fsp3) is 0.524. The van der Waals surface area contributed by atoms with Gasteiger partial charge in [0.15, 0.2) is 6.61 Å². The zero-order valence-electron chi connectivity index (χ0n) is 16.2. The van der Waals surface area contributed by atoms with Gasteiger partial charge in [0.2, 0.25) is 0 Å². The van der Waals surface area contributed by atoms with Crippen molar-refractivity contribution in [2.75, 3.05) is 19.7 Å². The Hall–Kier alpha value is -2.55. The van der Waals surface area contributed by atoms with Crippen LogP contribution in [0.15, 0.2) is 33.5 Å². The minimum atomic E-state index is -4.69. The van der Waals surface area contributed by atoms with Crippen molar-refractivity contribution in [3.63, 3.8) is 0 Å². The van der Waals surface area contributed by atoms with E-state index in [9.17, 15) is 27.9 Å². The van der Waals surface area contributed by atoms with Crippen LogP contribution in [0.4, 0.5) is 13.2 Å². The molecule has 2 atom stereocenters. The van der Waals surface area contributed by atoms with Gasteiger partial charge in [0.25, 0.3) is 5.91 Å². The molecule has 2 aromatic rings. The maximum atomic E-state index is 13.1. The van der Waals surface area contributed by atoms with Gasteiger partial charge in [-0.1, -0.05) is 12.8 Å². The summed E-state index contributed by atoms with van der Waals surface area (Å²) in [5, 5.41) is 10.5. The number of aliphatic hydroxyl groups is 1. The highest BCUT2D eigenvalue weighted by Gasteiger charge is 2.43.